The Balaban J connectivity index is 2.17. The van der Waals surface area contributed by atoms with Gasteiger partial charge in [0.25, 0.3) is 0 Å². The van der Waals surface area contributed by atoms with Crippen LogP contribution >= 0.6 is 0 Å². The van der Waals surface area contributed by atoms with E-state index < -0.39 is 11.9 Å². The molecule has 18 heavy (non-hydrogen) atoms. The van der Waals surface area contributed by atoms with E-state index in [0.29, 0.717) is 19.5 Å². The van der Waals surface area contributed by atoms with Crippen molar-refractivity contribution in [2.24, 2.45) is 5.92 Å². The predicted molar refractivity (Wildman–Crippen MR) is 68.1 cm³/mol. The van der Waals surface area contributed by atoms with Crippen LogP contribution in [0.5, 0.6) is 0 Å². The lowest BCUT2D eigenvalue weighted by Crippen LogP contribution is -2.36. The first kappa shape index (κ1) is 14.0. The number of nitrogens with one attached hydrogen (secondary N) is 2. The van der Waals surface area contributed by atoms with E-state index in [1.54, 1.807) is 6.92 Å². The molecule has 1 aromatic carbocycles. The van der Waals surface area contributed by atoms with Crippen LogP contribution in [0.2, 0.25) is 0 Å². The number of rotatable bonds is 6. The van der Waals surface area contributed by atoms with Crippen LogP contribution < -0.4 is 10.6 Å². The van der Waals surface area contributed by atoms with Gasteiger partial charge in [0.1, 0.15) is 0 Å². The largest absolute Gasteiger partial charge is 0.481 e. The van der Waals surface area contributed by atoms with Crippen molar-refractivity contribution in [3.8, 4) is 0 Å². The first-order chi connectivity index (χ1) is 8.59. The van der Waals surface area contributed by atoms with Crippen LogP contribution in [0.1, 0.15) is 18.9 Å². The van der Waals surface area contributed by atoms with Gasteiger partial charge in [0.15, 0.2) is 0 Å². The van der Waals surface area contributed by atoms with Crippen LogP contribution in [0, 0.1) is 5.92 Å². The highest BCUT2D eigenvalue weighted by Crippen LogP contribution is 1.99. The molecule has 0 heterocycles. The Morgan fingerprint density at radius 3 is 2.50 bits per heavy atom. The third-order valence-electron chi connectivity index (χ3n) is 2.58. The zero-order valence-electron chi connectivity index (χ0n) is 10.3. The molecule has 0 bridgehead atoms. The molecule has 0 aliphatic carbocycles. The van der Waals surface area contributed by atoms with Gasteiger partial charge < -0.3 is 15.7 Å². The Morgan fingerprint density at radius 1 is 1.22 bits per heavy atom. The first-order valence-corrected chi connectivity index (χ1v) is 5.88. The summed E-state index contributed by atoms with van der Waals surface area (Å²) >= 11 is 0. The zero-order chi connectivity index (χ0) is 13.4. The molecule has 0 saturated carbocycles. The average molecular weight is 250 g/mol. The average Bonchev–Trinajstić information content (AvgIpc) is 2.37. The molecule has 0 aromatic heterocycles. The lowest BCUT2D eigenvalue weighted by atomic mass is 10.1. The summed E-state index contributed by atoms with van der Waals surface area (Å²) in [5, 5.41) is 14.0. The topological polar surface area (TPSA) is 78.4 Å². The van der Waals surface area contributed by atoms with Gasteiger partial charge >= 0.3 is 12.0 Å². The smallest absolute Gasteiger partial charge is 0.315 e. The lowest BCUT2D eigenvalue weighted by Gasteiger charge is -2.09. The molecule has 0 radical (unpaired) electrons. The van der Waals surface area contributed by atoms with Crippen molar-refractivity contribution in [3.05, 3.63) is 35.9 Å². The Morgan fingerprint density at radius 2 is 1.89 bits per heavy atom. The molecule has 1 unspecified atom stereocenters. The molecular weight excluding hydrogens is 232 g/mol. The molecule has 3 N–H and O–H groups in total. The Labute approximate surface area is 106 Å². The van der Waals surface area contributed by atoms with E-state index in [1.807, 2.05) is 30.3 Å². The Kier molecular flexibility index (Phi) is 5.70. The number of carboxylic acids is 1. The third kappa shape index (κ3) is 5.34. The summed E-state index contributed by atoms with van der Waals surface area (Å²) in [5.41, 5.74) is 1.02. The van der Waals surface area contributed by atoms with Crippen LogP contribution in [0.15, 0.2) is 30.3 Å². The highest BCUT2D eigenvalue weighted by molar-refractivity contribution is 5.74. The van der Waals surface area contributed by atoms with E-state index in [4.69, 9.17) is 5.11 Å². The fourth-order valence-electron chi connectivity index (χ4n) is 1.37. The highest BCUT2D eigenvalue weighted by Gasteiger charge is 2.10. The molecule has 0 aliphatic heterocycles. The van der Waals surface area contributed by atoms with Gasteiger partial charge in [-0.3, -0.25) is 4.79 Å². The van der Waals surface area contributed by atoms with Crippen LogP contribution in [-0.4, -0.2) is 23.7 Å². The fraction of sp³-hybridized carbons (Fsp3) is 0.385. The van der Waals surface area contributed by atoms with E-state index >= 15 is 0 Å². The number of benzene rings is 1. The first-order valence-electron chi connectivity index (χ1n) is 5.88. The lowest BCUT2D eigenvalue weighted by molar-refractivity contribution is -0.141. The normalized spacial score (nSPS) is 11.6. The van der Waals surface area contributed by atoms with Crippen molar-refractivity contribution in [3.63, 3.8) is 0 Å². The number of hydrogen-bond donors (Lipinski definition) is 3. The van der Waals surface area contributed by atoms with E-state index in [-0.39, 0.29) is 6.03 Å². The van der Waals surface area contributed by atoms with Gasteiger partial charge in [-0.2, -0.15) is 0 Å². The van der Waals surface area contributed by atoms with Crippen molar-refractivity contribution in [2.45, 2.75) is 19.9 Å². The third-order valence-corrected chi connectivity index (χ3v) is 2.58. The molecule has 5 nitrogen and oxygen atoms in total. The molecule has 0 saturated heterocycles. The maximum Gasteiger partial charge on any atom is 0.315 e. The van der Waals surface area contributed by atoms with Gasteiger partial charge in [0.2, 0.25) is 0 Å². The quantitative estimate of drug-likeness (QED) is 0.717. The highest BCUT2D eigenvalue weighted by atomic mass is 16.4. The number of aliphatic carboxylic acids is 1. The molecule has 2 amide bonds. The minimum Gasteiger partial charge on any atom is -0.481 e. The summed E-state index contributed by atoms with van der Waals surface area (Å²) in [7, 11) is 0. The summed E-state index contributed by atoms with van der Waals surface area (Å²) in [6, 6.07) is 9.29. The second kappa shape index (κ2) is 7.32. The minimum atomic E-state index is -0.846. The molecule has 0 spiro atoms. The summed E-state index contributed by atoms with van der Waals surface area (Å²) in [4.78, 5) is 22.0. The summed E-state index contributed by atoms with van der Waals surface area (Å²) in [6.45, 7) is 2.43. The second-order valence-electron chi connectivity index (χ2n) is 4.12. The van der Waals surface area contributed by atoms with Crippen molar-refractivity contribution < 1.29 is 14.7 Å². The molecule has 1 rings (SSSR count). The maximum atomic E-state index is 11.4. The van der Waals surface area contributed by atoms with E-state index in [0.717, 1.165) is 5.56 Å². The monoisotopic (exact) mass is 250 g/mol. The molecule has 1 aromatic rings. The fourth-order valence-corrected chi connectivity index (χ4v) is 1.37. The SMILES string of the molecule is CC(CCNC(=O)NCc1ccccc1)C(=O)O. The van der Waals surface area contributed by atoms with Crippen LogP contribution in [-0.2, 0) is 11.3 Å². The van der Waals surface area contributed by atoms with Gasteiger partial charge in [-0.1, -0.05) is 37.3 Å². The Hall–Kier alpha value is -2.04. The number of hydrogen-bond acceptors (Lipinski definition) is 2. The number of carbonyl (C=O) groups is 2. The van der Waals surface area contributed by atoms with E-state index in [9.17, 15) is 9.59 Å². The van der Waals surface area contributed by atoms with Crippen LogP contribution in [0.4, 0.5) is 4.79 Å². The van der Waals surface area contributed by atoms with Gasteiger partial charge in [0, 0.05) is 13.1 Å². The second-order valence-corrected chi connectivity index (χ2v) is 4.12. The van der Waals surface area contributed by atoms with Gasteiger partial charge in [-0.05, 0) is 12.0 Å². The van der Waals surface area contributed by atoms with Crippen molar-refractivity contribution >= 4 is 12.0 Å². The Bertz CT molecular complexity index is 392. The number of carboxylic acid groups (broad SMARTS) is 1. The molecular formula is C13H18N2O3. The van der Waals surface area contributed by atoms with E-state index in [2.05, 4.69) is 10.6 Å². The molecule has 1 atom stereocenters. The molecule has 5 heteroatoms. The number of urea groups is 1. The van der Waals surface area contributed by atoms with Crippen LogP contribution in [0.25, 0.3) is 0 Å². The number of carbonyl (C=O) groups excluding carboxylic acids is 1. The predicted octanol–water partition coefficient (Wildman–Crippen LogP) is 1.60. The van der Waals surface area contributed by atoms with Crippen molar-refractivity contribution in [1.82, 2.24) is 10.6 Å². The van der Waals surface area contributed by atoms with Gasteiger partial charge in [-0.15, -0.1) is 0 Å². The van der Waals surface area contributed by atoms with Gasteiger partial charge in [-0.25, -0.2) is 4.79 Å². The summed E-state index contributed by atoms with van der Waals surface area (Å²) < 4.78 is 0. The standard InChI is InChI=1S/C13H18N2O3/c1-10(12(16)17)7-8-14-13(18)15-9-11-5-3-2-4-6-11/h2-6,10H,7-9H2,1H3,(H,16,17)(H2,14,15,18). The van der Waals surface area contributed by atoms with Gasteiger partial charge in [0.05, 0.1) is 5.92 Å². The van der Waals surface area contributed by atoms with Crippen molar-refractivity contribution in [1.29, 1.82) is 0 Å². The molecule has 98 valence electrons. The molecule has 0 aliphatic rings. The summed E-state index contributed by atoms with van der Waals surface area (Å²) in [5.74, 6) is -1.29. The molecule has 0 fully saturated rings. The zero-order valence-corrected chi connectivity index (χ0v) is 10.3. The maximum absolute atomic E-state index is 11.4. The van der Waals surface area contributed by atoms with E-state index in [1.165, 1.54) is 0 Å². The van der Waals surface area contributed by atoms with Crippen LogP contribution in [0.3, 0.4) is 0 Å². The minimum absolute atomic E-state index is 0.281. The van der Waals surface area contributed by atoms with Crippen molar-refractivity contribution in [2.75, 3.05) is 6.54 Å². The summed E-state index contributed by atoms with van der Waals surface area (Å²) in [6.07, 6.45) is 0.425. The number of amides is 2.